The maximum absolute atomic E-state index is 12.4. The van der Waals surface area contributed by atoms with Crippen LogP contribution in [-0.4, -0.2) is 50.7 Å². The Hall–Kier alpha value is -2.77. The SMILES string of the molecule is CCCNC(=O)C1CCCN(c2ncnc3nnc4[nH]ccc4c23)C1. The fourth-order valence-corrected chi connectivity index (χ4v) is 3.44. The number of aromatic nitrogens is 5. The maximum Gasteiger partial charge on any atom is 0.224 e. The first-order valence-corrected chi connectivity index (χ1v) is 8.75. The first-order chi connectivity index (χ1) is 12.3. The Morgan fingerprint density at radius 2 is 2.32 bits per heavy atom. The van der Waals surface area contributed by atoms with E-state index < -0.39 is 0 Å². The van der Waals surface area contributed by atoms with Gasteiger partial charge in [0.05, 0.1) is 11.3 Å². The molecular formula is C17H21N7O. The van der Waals surface area contributed by atoms with Crippen molar-refractivity contribution in [3.8, 4) is 0 Å². The lowest BCUT2D eigenvalue weighted by Gasteiger charge is -2.33. The van der Waals surface area contributed by atoms with E-state index in [9.17, 15) is 4.79 Å². The van der Waals surface area contributed by atoms with Crippen LogP contribution in [0.4, 0.5) is 5.82 Å². The minimum Gasteiger partial charge on any atom is -0.356 e. The van der Waals surface area contributed by atoms with Gasteiger partial charge >= 0.3 is 0 Å². The third kappa shape index (κ3) is 2.88. The summed E-state index contributed by atoms with van der Waals surface area (Å²) >= 11 is 0. The first-order valence-electron chi connectivity index (χ1n) is 8.75. The fourth-order valence-electron chi connectivity index (χ4n) is 3.44. The summed E-state index contributed by atoms with van der Waals surface area (Å²) in [5.41, 5.74) is 1.30. The smallest absolute Gasteiger partial charge is 0.224 e. The highest BCUT2D eigenvalue weighted by molar-refractivity contribution is 6.07. The van der Waals surface area contributed by atoms with Gasteiger partial charge in [-0.05, 0) is 25.3 Å². The van der Waals surface area contributed by atoms with E-state index in [1.807, 2.05) is 12.3 Å². The average Bonchev–Trinajstić information content (AvgIpc) is 3.14. The van der Waals surface area contributed by atoms with E-state index in [0.717, 1.165) is 54.6 Å². The van der Waals surface area contributed by atoms with Gasteiger partial charge in [0.15, 0.2) is 11.3 Å². The molecule has 1 saturated heterocycles. The Bertz CT molecular complexity index is 906. The van der Waals surface area contributed by atoms with Crippen molar-refractivity contribution in [1.29, 1.82) is 0 Å². The van der Waals surface area contributed by atoms with Crippen molar-refractivity contribution in [2.45, 2.75) is 26.2 Å². The summed E-state index contributed by atoms with van der Waals surface area (Å²) in [6, 6.07) is 1.97. The molecule has 4 heterocycles. The largest absolute Gasteiger partial charge is 0.356 e. The molecule has 1 amide bonds. The Morgan fingerprint density at radius 3 is 3.20 bits per heavy atom. The fraction of sp³-hybridized carbons (Fsp3) is 0.471. The first kappa shape index (κ1) is 15.7. The normalized spacial score (nSPS) is 18.0. The Labute approximate surface area is 145 Å². The summed E-state index contributed by atoms with van der Waals surface area (Å²) in [6.07, 6.45) is 6.18. The predicted molar refractivity (Wildman–Crippen MR) is 95.2 cm³/mol. The van der Waals surface area contributed by atoms with Gasteiger partial charge in [-0.2, -0.15) is 0 Å². The molecule has 0 saturated carbocycles. The molecule has 130 valence electrons. The highest BCUT2D eigenvalue weighted by atomic mass is 16.1. The van der Waals surface area contributed by atoms with Gasteiger partial charge < -0.3 is 15.2 Å². The molecule has 8 heteroatoms. The summed E-state index contributed by atoms with van der Waals surface area (Å²) < 4.78 is 0. The molecule has 1 aliphatic rings. The van der Waals surface area contributed by atoms with Crippen molar-refractivity contribution < 1.29 is 4.79 Å². The zero-order chi connectivity index (χ0) is 17.2. The van der Waals surface area contributed by atoms with Crippen LogP contribution in [0.1, 0.15) is 26.2 Å². The zero-order valence-corrected chi connectivity index (χ0v) is 14.2. The number of anilines is 1. The minimum atomic E-state index is -0.0122. The van der Waals surface area contributed by atoms with Crippen LogP contribution < -0.4 is 10.2 Å². The van der Waals surface area contributed by atoms with E-state index in [2.05, 4.69) is 42.3 Å². The van der Waals surface area contributed by atoms with Crippen LogP contribution in [0.25, 0.3) is 22.1 Å². The van der Waals surface area contributed by atoms with Crippen molar-refractivity contribution >= 4 is 33.8 Å². The van der Waals surface area contributed by atoms with Crippen molar-refractivity contribution in [3.63, 3.8) is 0 Å². The Kier molecular flexibility index (Phi) is 4.17. The Balaban J connectivity index is 1.69. The Morgan fingerprint density at radius 1 is 1.40 bits per heavy atom. The molecule has 3 aromatic rings. The number of amides is 1. The average molecular weight is 339 g/mol. The minimum absolute atomic E-state index is 0.0122. The summed E-state index contributed by atoms with van der Waals surface area (Å²) in [5, 5.41) is 13.2. The topological polar surface area (TPSA) is 99.7 Å². The van der Waals surface area contributed by atoms with Crippen LogP contribution in [0.3, 0.4) is 0 Å². The second-order valence-corrected chi connectivity index (χ2v) is 6.41. The second kappa shape index (κ2) is 6.62. The predicted octanol–water partition coefficient (Wildman–Crippen LogP) is 1.64. The quantitative estimate of drug-likeness (QED) is 0.750. The lowest BCUT2D eigenvalue weighted by molar-refractivity contribution is -0.125. The third-order valence-electron chi connectivity index (χ3n) is 4.69. The van der Waals surface area contributed by atoms with Gasteiger partial charge in [-0.25, -0.2) is 9.97 Å². The second-order valence-electron chi connectivity index (χ2n) is 6.41. The van der Waals surface area contributed by atoms with Crippen LogP contribution in [0, 0.1) is 5.92 Å². The molecule has 1 unspecified atom stereocenters. The number of carbonyl (C=O) groups excluding carboxylic acids is 1. The lowest BCUT2D eigenvalue weighted by Crippen LogP contribution is -2.43. The highest BCUT2D eigenvalue weighted by Crippen LogP contribution is 2.30. The number of carbonyl (C=O) groups is 1. The molecule has 4 rings (SSSR count). The van der Waals surface area contributed by atoms with Crippen LogP contribution in [0.2, 0.25) is 0 Å². The maximum atomic E-state index is 12.4. The summed E-state index contributed by atoms with van der Waals surface area (Å²) in [4.78, 5) is 26.4. The monoisotopic (exact) mass is 339 g/mol. The van der Waals surface area contributed by atoms with Gasteiger partial charge in [-0.15, -0.1) is 10.2 Å². The standard InChI is InChI=1S/C17H21N7O/c1-2-6-19-17(25)11-4-3-8-24(9-11)16-13-12-5-7-18-14(12)22-23-15(13)20-10-21-16/h5,7,10-11H,2-4,6,8-9H2,1H3,(H,18,22)(H,19,25). The van der Waals surface area contributed by atoms with Crippen molar-refractivity contribution in [3.05, 3.63) is 18.6 Å². The molecule has 1 atom stereocenters. The van der Waals surface area contributed by atoms with Gasteiger partial charge in [-0.1, -0.05) is 6.92 Å². The van der Waals surface area contributed by atoms with Crippen molar-refractivity contribution in [2.75, 3.05) is 24.5 Å². The van der Waals surface area contributed by atoms with E-state index in [4.69, 9.17) is 0 Å². The molecule has 0 aliphatic carbocycles. The van der Waals surface area contributed by atoms with E-state index in [1.165, 1.54) is 6.33 Å². The van der Waals surface area contributed by atoms with E-state index in [-0.39, 0.29) is 11.8 Å². The van der Waals surface area contributed by atoms with Gasteiger partial charge in [0.2, 0.25) is 5.91 Å². The molecule has 3 aromatic heterocycles. The molecule has 0 spiro atoms. The number of nitrogens with one attached hydrogen (secondary N) is 2. The number of H-pyrrole nitrogens is 1. The highest BCUT2D eigenvalue weighted by Gasteiger charge is 2.28. The van der Waals surface area contributed by atoms with Crippen LogP contribution in [0.5, 0.6) is 0 Å². The molecular weight excluding hydrogens is 318 g/mol. The number of aromatic amines is 1. The number of fused-ring (bicyclic) bond motifs is 3. The van der Waals surface area contributed by atoms with E-state index in [1.54, 1.807) is 0 Å². The van der Waals surface area contributed by atoms with Gasteiger partial charge in [0.1, 0.15) is 12.1 Å². The molecule has 1 fully saturated rings. The molecule has 2 N–H and O–H groups in total. The van der Waals surface area contributed by atoms with Crippen molar-refractivity contribution in [2.24, 2.45) is 5.92 Å². The van der Waals surface area contributed by atoms with E-state index in [0.29, 0.717) is 12.2 Å². The van der Waals surface area contributed by atoms with Crippen LogP contribution in [-0.2, 0) is 4.79 Å². The van der Waals surface area contributed by atoms with Gasteiger partial charge in [0, 0.05) is 31.2 Å². The summed E-state index contributed by atoms with van der Waals surface area (Å²) in [7, 11) is 0. The zero-order valence-electron chi connectivity index (χ0n) is 14.2. The van der Waals surface area contributed by atoms with Crippen molar-refractivity contribution in [1.82, 2.24) is 30.5 Å². The summed E-state index contributed by atoms with van der Waals surface area (Å²) in [5.74, 6) is 0.954. The number of nitrogens with zero attached hydrogens (tertiary/aromatic N) is 5. The molecule has 1 aliphatic heterocycles. The number of hydrogen-bond donors (Lipinski definition) is 2. The lowest BCUT2D eigenvalue weighted by atomic mass is 9.96. The molecule has 25 heavy (non-hydrogen) atoms. The van der Waals surface area contributed by atoms with Gasteiger partial charge in [-0.3, -0.25) is 4.79 Å². The van der Waals surface area contributed by atoms with Gasteiger partial charge in [0.25, 0.3) is 0 Å². The summed E-state index contributed by atoms with van der Waals surface area (Å²) in [6.45, 7) is 4.32. The molecule has 0 aromatic carbocycles. The van der Waals surface area contributed by atoms with E-state index >= 15 is 0 Å². The van der Waals surface area contributed by atoms with Crippen LogP contribution >= 0.6 is 0 Å². The van der Waals surface area contributed by atoms with Crippen LogP contribution in [0.15, 0.2) is 18.6 Å². The third-order valence-corrected chi connectivity index (χ3v) is 4.69. The number of hydrogen-bond acceptors (Lipinski definition) is 6. The molecule has 0 radical (unpaired) electrons. The molecule has 8 nitrogen and oxygen atoms in total. The molecule has 0 bridgehead atoms. The number of rotatable bonds is 4. The number of piperidine rings is 1.